The molecule has 8 heteroatoms. The average Bonchev–Trinajstić information content (AvgIpc) is 2.55. The van der Waals surface area contributed by atoms with Crippen LogP contribution in [0.15, 0.2) is 47.4 Å². The summed E-state index contributed by atoms with van der Waals surface area (Å²) in [5.74, 6) is -0.701. The van der Waals surface area contributed by atoms with E-state index in [9.17, 15) is 13.2 Å². The Bertz CT molecular complexity index is 837. The third-order valence-electron chi connectivity index (χ3n) is 3.17. The number of amides is 1. The molecular weight excluding hydrogens is 354 g/mol. The van der Waals surface area contributed by atoms with Crippen LogP contribution in [-0.4, -0.2) is 34.3 Å². The average molecular weight is 370 g/mol. The van der Waals surface area contributed by atoms with Crippen molar-refractivity contribution in [3.8, 4) is 11.5 Å². The van der Waals surface area contributed by atoms with Gasteiger partial charge in [0.25, 0.3) is 0 Å². The summed E-state index contributed by atoms with van der Waals surface area (Å²) in [7, 11) is -0.867. The summed E-state index contributed by atoms with van der Waals surface area (Å²) in [4.78, 5) is 12.2. The number of ether oxygens (including phenoxy) is 2. The molecule has 2 aromatic carbocycles. The van der Waals surface area contributed by atoms with Crippen molar-refractivity contribution >= 4 is 33.0 Å². The van der Waals surface area contributed by atoms with Crippen LogP contribution in [0.1, 0.15) is 0 Å². The molecule has 6 nitrogen and oxygen atoms in total. The number of anilines is 1. The van der Waals surface area contributed by atoms with Crippen molar-refractivity contribution in [3.05, 3.63) is 47.5 Å². The van der Waals surface area contributed by atoms with Gasteiger partial charge in [-0.05, 0) is 18.2 Å². The van der Waals surface area contributed by atoms with Crippen LogP contribution in [0.2, 0.25) is 5.02 Å². The van der Waals surface area contributed by atoms with Crippen molar-refractivity contribution < 1.29 is 22.7 Å². The number of sulfone groups is 1. The topological polar surface area (TPSA) is 81.7 Å². The predicted molar refractivity (Wildman–Crippen MR) is 91.7 cm³/mol. The molecule has 0 radical (unpaired) electrons. The van der Waals surface area contributed by atoms with Crippen molar-refractivity contribution in [3.63, 3.8) is 0 Å². The zero-order chi connectivity index (χ0) is 17.7. The molecule has 0 fully saturated rings. The summed E-state index contributed by atoms with van der Waals surface area (Å²) in [5, 5.41) is 2.76. The first-order chi connectivity index (χ1) is 11.4. The molecule has 0 saturated carbocycles. The third-order valence-corrected chi connectivity index (χ3v) is 5.10. The largest absolute Gasteiger partial charge is 0.495 e. The molecule has 1 amide bonds. The molecule has 2 rings (SSSR count). The molecular formula is C16H16ClNO5S. The van der Waals surface area contributed by atoms with Crippen molar-refractivity contribution in [2.45, 2.75) is 4.90 Å². The van der Waals surface area contributed by atoms with Crippen molar-refractivity contribution in [2.24, 2.45) is 0 Å². The van der Waals surface area contributed by atoms with Crippen LogP contribution in [0.4, 0.5) is 5.69 Å². The van der Waals surface area contributed by atoms with Gasteiger partial charge in [0.1, 0.15) is 17.3 Å². The second-order valence-corrected chi connectivity index (χ2v) is 7.20. The van der Waals surface area contributed by atoms with Crippen LogP contribution in [0.5, 0.6) is 11.5 Å². The van der Waals surface area contributed by atoms with Crippen LogP contribution >= 0.6 is 11.6 Å². The number of carbonyl (C=O) groups excluding carboxylic acids is 1. The lowest BCUT2D eigenvalue weighted by molar-refractivity contribution is -0.113. The van der Waals surface area contributed by atoms with Crippen LogP contribution in [0, 0.1) is 0 Å². The fourth-order valence-electron chi connectivity index (χ4n) is 2.03. The number of hydrogen-bond acceptors (Lipinski definition) is 5. The Morgan fingerprint density at radius 1 is 1.08 bits per heavy atom. The molecule has 0 aliphatic heterocycles. The normalized spacial score (nSPS) is 11.0. The van der Waals surface area contributed by atoms with Crippen LogP contribution in [-0.2, 0) is 14.6 Å². The van der Waals surface area contributed by atoms with Gasteiger partial charge in [0, 0.05) is 6.07 Å². The van der Waals surface area contributed by atoms with Gasteiger partial charge in [-0.15, -0.1) is 0 Å². The first-order valence-electron chi connectivity index (χ1n) is 6.86. The van der Waals surface area contributed by atoms with Gasteiger partial charge >= 0.3 is 0 Å². The first kappa shape index (κ1) is 18.1. The van der Waals surface area contributed by atoms with Gasteiger partial charge in [-0.25, -0.2) is 8.42 Å². The lowest BCUT2D eigenvalue weighted by Gasteiger charge is -2.13. The molecule has 0 heterocycles. The Hall–Kier alpha value is -2.25. The molecule has 1 N–H and O–H groups in total. The summed E-state index contributed by atoms with van der Waals surface area (Å²) >= 11 is 6.02. The zero-order valence-electron chi connectivity index (χ0n) is 13.1. The van der Waals surface area contributed by atoms with E-state index in [-0.39, 0.29) is 15.6 Å². The Morgan fingerprint density at radius 2 is 1.71 bits per heavy atom. The predicted octanol–water partition coefficient (Wildman–Crippen LogP) is 2.77. The maximum atomic E-state index is 12.2. The Balaban J connectivity index is 2.20. The van der Waals surface area contributed by atoms with Crippen molar-refractivity contribution in [1.82, 2.24) is 0 Å². The highest BCUT2D eigenvalue weighted by Crippen LogP contribution is 2.35. The van der Waals surface area contributed by atoms with E-state index in [0.717, 1.165) is 0 Å². The maximum Gasteiger partial charge on any atom is 0.240 e. The Labute approximate surface area is 145 Å². The van der Waals surface area contributed by atoms with Gasteiger partial charge in [0.15, 0.2) is 9.84 Å². The summed E-state index contributed by atoms with van der Waals surface area (Å²) in [6, 6.07) is 10.7. The monoisotopic (exact) mass is 369 g/mol. The molecule has 0 atom stereocenters. The second kappa shape index (κ2) is 7.55. The number of rotatable bonds is 6. The van der Waals surface area contributed by atoms with Gasteiger partial charge in [-0.2, -0.15) is 0 Å². The van der Waals surface area contributed by atoms with E-state index in [1.807, 2.05) is 0 Å². The second-order valence-electron chi connectivity index (χ2n) is 4.81. The molecule has 0 aromatic heterocycles. The zero-order valence-corrected chi connectivity index (χ0v) is 14.6. The summed E-state index contributed by atoms with van der Waals surface area (Å²) in [6.07, 6.45) is 0. The molecule has 24 heavy (non-hydrogen) atoms. The van der Waals surface area contributed by atoms with E-state index < -0.39 is 21.5 Å². The standard InChI is InChI=1S/C16H16ClNO5S/c1-22-14-9-15(23-2)13(8-12(14)17)18-16(19)10-24(20,21)11-6-4-3-5-7-11/h3-9H,10H2,1-2H3,(H,18,19). The van der Waals surface area contributed by atoms with E-state index in [4.69, 9.17) is 21.1 Å². The van der Waals surface area contributed by atoms with Crippen LogP contribution < -0.4 is 14.8 Å². The number of methoxy groups -OCH3 is 2. The molecule has 2 aromatic rings. The minimum atomic E-state index is -3.73. The van der Waals surface area contributed by atoms with Gasteiger partial charge in [0.2, 0.25) is 5.91 Å². The molecule has 0 aliphatic rings. The number of carbonyl (C=O) groups is 1. The van der Waals surface area contributed by atoms with Crippen LogP contribution in [0.25, 0.3) is 0 Å². The number of halogens is 1. The summed E-state index contributed by atoms with van der Waals surface area (Å²) in [5.41, 5.74) is 0.261. The molecule has 0 bridgehead atoms. The fraction of sp³-hybridized carbons (Fsp3) is 0.188. The molecule has 0 saturated heterocycles. The lowest BCUT2D eigenvalue weighted by atomic mass is 10.2. The van der Waals surface area contributed by atoms with Crippen molar-refractivity contribution in [2.75, 3.05) is 25.3 Å². The van der Waals surface area contributed by atoms with E-state index in [1.165, 1.54) is 38.5 Å². The summed E-state index contributed by atoms with van der Waals surface area (Å²) in [6.45, 7) is 0. The molecule has 0 unspecified atom stereocenters. The highest BCUT2D eigenvalue weighted by molar-refractivity contribution is 7.92. The van der Waals surface area contributed by atoms with Crippen LogP contribution in [0.3, 0.4) is 0 Å². The smallest absolute Gasteiger partial charge is 0.240 e. The Morgan fingerprint density at radius 3 is 2.29 bits per heavy atom. The van der Waals surface area contributed by atoms with Gasteiger partial charge in [-0.3, -0.25) is 4.79 Å². The quantitative estimate of drug-likeness (QED) is 0.846. The molecule has 0 spiro atoms. The molecule has 128 valence electrons. The SMILES string of the molecule is COc1cc(OC)c(NC(=O)CS(=O)(=O)c2ccccc2)cc1Cl. The van der Waals surface area contributed by atoms with E-state index in [0.29, 0.717) is 11.5 Å². The van der Waals surface area contributed by atoms with E-state index in [1.54, 1.807) is 18.2 Å². The number of hydrogen-bond donors (Lipinski definition) is 1. The third kappa shape index (κ3) is 4.18. The number of benzene rings is 2. The Kier molecular flexibility index (Phi) is 5.69. The van der Waals surface area contributed by atoms with E-state index in [2.05, 4.69) is 5.32 Å². The highest BCUT2D eigenvalue weighted by atomic mass is 35.5. The van der Waals surface area contributed by atoms with Gasteiger partial charge in [-0.1, -0.05) is 29.8 Å². The minimum absolute atomic E-state index is 0.0832. The highest BCUT2D eigenvalue weighted by Gasteiger charge is 2.20. The van der Waals surface area contributed by atoms with Gasteiger partial charge < -0.3 is 14.8 Å². The van der Waals surface area contributed by atoms with E-state index >= 15 is 0 Å². The molecule has 0 aliphatic carbocycles. The minimum Gasteiger partial charge on any atom is -0.495 e. The fourth-order valence-corrected chi connectivity index (χ4v) is 3.42. The summed E-state index contributed by atoms with van der Waals surface area (Å²) < 4.78 is 34.7. The maximum absolute atomic E-state index is 12.2. The van der Waals surface area contributed by atoms with Crippen molar-refractivity contribution in [1.29, 1.82) is 0 Å². The lowest BCUT2D eigenvalue weighted by Crippen LogP contribution is -2.23. The van der Waals surface area contributed by atoms with Gasteiger partial charge in [0.05, 0.1) is 29.8 Å². The first-order valence-corrected chi connectivity index (χ1v) is 8.89. The number of nitrogens with one attached hydrogen (secondary N) is 1.